The second-order valence-electron chi connectivity index (χ2n) is 8.11. The van der Waals surface area contributed by atoms with Gasteiger partial charge in [0.15, 0.2) is 5.25 Å². The van der Waals surface area contributed by atoms with Crippen LogP contribution in [0.15, 0.2) is 0 Å². The number of hydrogen-bond donors (Lipinski definition) is 4. The molecule has 0 aromatic rings. The highest BCUT2D eigenvalue weighted by molar-refractivity contribution is 7.87. The lowest BCUT2D eigenvalue weighted by Gasteiger charge is -2.04. The van der Waals surface area contributed by atoms with Crippen molar-refractivity contribution in [3.05, 3.63) is 0 Å². The summed E-state index contributed by atoms with van der Waals surface area (Å²) in [4.78, 5) is 30.6. The van der Waals surface area contributed by atoms with Crippen molar-refractivity contribution in [3.63, 3.8) is 0 Å². The molecule has 0 rings (SSSR count). The van der Waals surface area contributed by atoms with Crippen LogP contribution < -0.4 is 5.73 Å². The average Bonchev–Trinajstić information content (AvgIpc) is 2.68. The molecule has 1 atom stereocenters. The Bertz CT molecular complexity index is 607. The van der Waals surface area contributed by atoms with Gasteiger partial charge in [-0.1, -0.05) is 96.8 Å². The fourth-order valence-corrected chi connectivity index (χ4v) is 3.76. The van der Waals surface area contributed by atoms with Crippen LogP contribution >= 0.6 is 0 Å². The van der Waals surface area contributed by atoms with Crippen molar-refractivity contribution in [2.45, 2.75) is 121 Å². The highest BCUT2D eigenvalue weighted by Crippen LogP contribution is 2.13. The van der Waals surface area contributed by atoms with Gasteiger partial charge in [0.05, 0.1) is 6.42 Å². The first kappa shape index (κ1) is 32.5. The van der Waals surface area contributed by atoms with E-state index < -0.39 is 33.7 Å². The topological polar surface area (TPSA) is 172 Å². The van der Waals surface area contributed by atoms with Gasteiger partial charge in [0.1, 0.15) is 0 Å². The minimum absolute atomic E-state index is 0.153. The summed E-state index contributed by atoms with van der Waals surface area (Å²) < 4.78 is 28.7. The molecule has 0 bridgehead atoms. The summed E-state index contributed by atoms with van der Waals surface area (Å²) in [6, 6.07) is 0. The standard InChI is InChI=1S/C18H37NO.C4H6O7S/c1-2-3-4-5-6-7-8-9-10-11-12-13-14-15-16-17-18(19)20;5-3(6)1-2(4(7)8)12(9,10)11/h2-17H2,1H3,(H2,19,20);2H,1H2,(H,5,6)(H,7,8)(H,9,10,11). The van der Waals surface area contributed by atoms with E-state index in [1.807, 2.05) is 0 Å². The Balaban J connectivity index is 0. The first-order chi connectivity index (χ1) is 15.0. The monoisotopic (exact) mass is 481 g/mol. The van der Waals surface area contributed by atoms with Crippen molar-refractivity contribution in [2.75, 3.05) is 0 Å². The lowest BCUT2D eigenvalue weighted by molar-refractivity contribution is -0.143. The average molecular weight is 482 g/mol. The lowest BCUT2D eigenvalue weighted by atomic mass is 10.0. The highest BCUT2D eigenvalue weighted by Gasteiger charge is 2.33. The number of unbranched alkanes of at least 4 members (excludes halogenated alkanes) is 14. The predicted octanol–water partition coefficient (Wildman–Crippen LogP) is 4.54. The lowest BCUT2D eigenvalue weighted by Crippen LogP contribution is -2.31. The fraction of sp³-hybridized carbons (Fsp3) is 0.864. The molecule has 32 heavy (non-hydrogen) atoms. The number of aliphatic carboxylic acids is 2. The SMILES string of the molecule is CCCCCCCCCCCCCCCCCC(N)=O.O=C(O)CC(C(=O)O)S(=O)(=O)O. The number of carboxylic acid groups (broad SMARTS) is 2. The second-order valence-corrected chi connectivity index (χ2v) is 9.70. The molecule has 0 aliphatic heterocycles. The third-order valence-electron chi connectivity index (χ3n) is 5.02. The van der Waals surface area contributed by atoms with Crippen LogP contribution in [0.4, 0.5) is 0 Å². The van der Waals surface area contributed by atoms with Crippen LogP contribution in [-0.2, 0) is 24.5 Å². The van der Waals surface area contributed by atoms with Crippen molar-refractivity contribution < 1.29 is 37.6 Å². The molecule has 0 saturated heterocycles. The van der Waals surface area contributed by atoms with Crippen LogP contribution in [-0.4, -0.2) is 46.3 Å². The van der Waals surface area contributed by atoms with Crippen LogP contribution in [0.3, 0.4) is 0 Å². The van der Waals surface area contributed by atoms with Gasteiger partial charge in [-0.25, -0.2) is 0 Å². The molecule has 0 radical (unpaired) electrons. The summed E-state index contributed by atoms with van der Waals surface area (Å²) >= 11 is 0. The molecule has 1 amide bonds. The molecular formula is C22H43NO8S. The van der Waals surface area contributed by atoms with E-state index in [0.29, 0.717) is 6.42 Å². The smallest absolute Gasteiger partial charge is 0.325 e. The van der Waals surface area contributed by atoms with E-state index in [4.69, 9.17) is 20.5 Å². The molecule has 0 spiro atoms. The molecule has 9 nitrogen and oxygen atoms in total. The van der Waals surface area contributed by atoms with E-state index in [-0.39, 0.29) is 5.91 Å². The number of carbonyl (C=O) groups excluding carboxylic acids is 1. The van der Waals surface area contributed by atoms with Gasteiger partial charge in [0.2, 0.25) is 5.91 Å². The first-order valence-corrected chi connectivity index (χ1v) is 13.2. The molecule has 5 N–H and O–H groups in total. The minimum Gasteiger partial charge on any atom is -0.481 e. The Hall–Kier alpha value is -1.68. The van der Waals surface area contributed by atoms with Crippen molar-refractivity contribution in [1.82, 2.24) is 0 Å². The van der Waals surface area contributed by atoms with E-state index in [1.165, 1.54) is 89.9 Å². The fourth-order valence-electron chi connectivity index (χ4n) is 3.15. The number of nitrogens with two attached hydrogens (primary N) is 1. The van der Waals surface area contributed by atoms with Gasteiger partial charge in [-0.3, -0.25) is 18.9 Å². The largest absolute Gasteiger partial charge is 0.481 e. The Morgan fingerprint density at radius 3 is 1.28 bits per heavy atom. The van der Waals surface area contributed by atoms with Crippen LogP contribution in [0.5, 0.6) is 0 Å². The Kier molecular flexibility index (Phi) is 21.5. The maximum atomic E-state index is 10.6. The third-order valence-corrected chi connectivity index (χ3v) is 6.11. The molecule has 0 fully saturated rings. The maximum absolute atomic E-state index is 10.6. The third kappa shape index (κ3) is 24.6. The van der Waals surface area contributed by atoms with E-state index in [0.717, 1.165) is 6.42 Å². The van der Waals surface area contributed by atoms with Crippen LogP contribution in [0, 0.1) is 0 Å². The van der Waals surface area contributed by atoms with Crippen molar-refractivity contribution in [3.8, 4) is 0 Å². The summed E-state index contributed by atoms with van der Waals surface area (Å²) in [5.74, 6) is -3.65. The summed E-state index contributed by atoms with van der Waals surface area (Å²) in [5.41, 5.74) is 5.11. The van der Waals surface area contributed by atoms with Gasteiger partial charge in [-0.15, -0.1) is 0 Å². The summed E-state index contributed by atoms with van der Waals surface area (Å²) in [6.45, 7) is 2.28. The van der Waals surface area contributed by atoms with Crippen molar-refractivity contribution >= 4 is 28.0 Å². The maximum Gasteiger partial charge on any atom is 0.325 e. The Morgan fingerprint density at radius 1 is 0.719 bits per heavy atom. The Morgan fingerprint density at radius 2 is 1.06 bits per heavy atom. The zero-order chi connectivity index (χ0) is 24.8. The van der Waals surface area contributed by atoms with Gasteiger partial charge in [0, 0.05) is 6.42 Å². The summed E-state index contributed by atoms with van der Waals surface area (Å²) in [7, 11) is -4.84. The molecular weight excluding hydrogens is 438 g/mol. The number of carbonyl (C=O) groups is 3. The number of amides is 1. The quantitative estimate of drug-likeness (QED) is 0.145. The van der Waals surface area contributed by atoms with Crippen LogP contribution in [0.25, 0.3) is 0 Å². The summed E-state index contributed by atoms with van der Waals surface area (Å²) in [5, 5.41) is 13.9. The van der Waals surface area contributed by atoms with Crippen molar-refractivity contribution in [2.24, 2.45) is 5.73 Å². The zero-order valence-electron chi connectivity index (χ0n) is 19.5. The van der Waals surface area contributed by atoms with Crippen molar-refractivity contribution in [1.29, 1.82) is 0 Å². The number of hydrogen-bond acceptors (Lipinski definition) is 5. The van der Waals surface area contributed by atoms with Gasteiger partial charge in [-0.05, 0) is 6.42 Å². The van der Waals surface area contributed by atoms with E-state index in [2.05, 4.69) is 6.92 Å². The number of carboxylic acids is 2. The van der Waals surface area contributed by atoms with E-state index >= 15 is 0 Å². The van der Waals surface area contributed by atoms with Crippen LogP contribution in [0.2, 0.25) is 0 Å². The minimum atomic E-state index is -4.84. The molecule has 0 aliphatic carbocycles. The molecule has 0 saturated carbocycles. The number of primary amides is 1. The van der Waals surface area contributed by atoms with E-state index in [1.54, 1.807) is 0 Å². The van der Waals surface area contributed by atoms with E-state index in [9.17, 15) is 22.8 Å². The molecule has 0 heterocycles. The predicted molar refractivity (Wildman–Crippen MR) is 124 cm³/mol. The molecule has 190 valence electrons. The van der Waals surface area contributed by atoms with Gasteiger partial charge < -0.3 is 15.9 Å². The zero-order valence-corrected chi connectivity index (χ0v) is 20.3. The molecule has 0 aliphatic rings. The Labute approximate surface area is 192 Å². The second kappa shape index (κ2) is 21.2. The normalized spacial score (nSPS) is 11.9. The van der Waals surface area contributed by atoms with Gasteiger partial charge >= 0.3 is 11.9 Å². The number of rotatable bonds is 20. The molecule has 1 unspecified atom stereocenters. The molecule has 0 aromatic carbocycles. The molecule has 10 heteroatoms. The van der Waals surface area contributed by atoms with Gasteiger partial charge in [-0.2, -0.15) is 8.42 Å². The van der Waals surface area contributed by atoms with Crippen LogP contribution in [0.1, 0.15) is 116 Å². The molecule has 0 aromatic heterocycles. The highest BCUT2D eigenvalue weighted by atomic mass is 32.2. The van der Waals surface area contributed by atoms with Gasteiger partial charge in [0.25, 0.3) is 10.1 Å². The first-order valence-electron chi connectivity index (χ1n) is 11.7. The summed E-state index contributed by atoms with van der Waals surface area (Å²) in [6.07, 6.45) is 19.7.